The molecule has 0 aromatic carbocycles. The molecule has 0 fully saturated rings. The third kappa shape index (κ3) is 3.24. The van der Waals surface area contributed by atoms with Crippen LogP contribution < -0.4 is 5.32 Å². The molecular weight excluding hydrogens is 265 g/mol. The second-order valence-electron chi connectivity index (χ2n) is 3.23. The zero-order chi connectivity index (χ0) is 12.3. The van der Waals surface area contributed by atoms with Crippen molar-refractivity contribution >= 4 is 29.2 Å². The maximum atomic E-state index is 5.64. The molecule has 0 saturated heterocycles. The van der Waals surface area contributed by atoms with Crippen LogP contribution in [0.25, 0.3) is 0 Å². The van der Waals surface area contributed by atoms with E-state index < -0.39 is 0 Å². The van der Waals surface area contributed by atoms with Crippen LogP contribution in [0.1, 0.15) is 5.82 Å². The van der Waals surface area contributed by atoms with E-state index >= 15 is 0 Å². The fourth-order valence-electron chi connectivity index (χ4n) is 1.22. The van der Waals surface area contributed by atoms with Crippen LogP contribution in [0.4, 0.5) is 5.95 Å². The zero-order valence-corrected chi connectivity index (χ0v) is 10.4. The molecule has 0 bridgehead atoms. The first-order valence-corrected chi connectivity index (χ1v) is 5.54. The van der Waals surface area contributed by atoms with E-state index in [0.717, 1.165) is 5.82 Å². The van der Waals surface area contributed by atoms with Crippen molar-refractivity contribution in [2.75, 3.05) is 11.9 Å². The number of halogens is 2. The van der Waals surface area contributed by atoms with Crippen molar-refractivity contribution < 1.29 is 0 Å². The molecule has 0 spiro atoms. The Hall–Kier alpha value is -1.47. The fraction of sp³-hybridized carbons (Fsp3) is 0.375. The van der Waals surface area contributed by atoms with Gasteiger partial charge in [0.05, 0.1) is 0 Å². The van der Waals surface area contributed by atoms with E-state index in [-0.39, 0.29) is 10.6 Å². The van der Waals surface area contributed by atoms with Gasteiger partial charge < -0.3 is 9.88 Å². The highest BCUT2D eigenvalue weighted by atomic mass is 35.5. The van der Waals surface area contributed by atoms with Crippen molar-refractivity contribution in [2.45, 2.75) is 6.42 Å². The summed E-state index contributed by atoms with van der Waals surface area (Å²) < 4.78 is 1.84. The Labute approximate surface area is 107 Å². The van der Waals surface area contributed by atoms with Crippen LogP contribution in [0.5, 0.6) is 0 Å². The summed E-state index contributed by atoms with van der Waals surface area (Å²) in [6.07, 6.45) is 2.34. The fourth-order valence-corrected chi connectivity index (χ4v) is 1.59. The number of rotatable bonds is 4. The summed E-state index contributed by atoms with van der Waals surface area (Å²) in [6, 6.07) is 0. The standard InChI is InChI=1S/C8H9Cl2N7/c1-17-4-12-16-5(17)2-3-11-8-14-6(9)13-7(10)15-8/h4H,2-3H2,1H3,(H,11,13,14,15). The van der Waals surface area contributed by atoms with Crippen LogP contribution in [-0.2, 0) is 13.5 Å². The molecular formula is C8H9Cl2N7. The molecule has 2 aromatic rings. The first-order valence-electron chi connectivity index (χ1n) is 4.79. The van der Waals surface area contributed by atoms with Crippen LogP contribution in [-0.4, -0.2) is 36.3 Å². The smallest absolute Gasteiger partial charge is 0.228 e. The van der Waals surface area contributed by atoms with Crippen molar-refractivity contribution in [3.63, 3.8) is 0 Å². The Morgan fingerprint density at radius 1 is 1.24 bits per heavy atom. The highest BCUT2D eigenvalue weighted by Gasteiger charge is 2.04. The molecule has 0 saturated carbocycles. The van der Waals surface area contributed by atoms with Gasteiger partial charge in [-0.3, -0.25) is 0 Å². The van der Waals surface area contributed by atoms with Crippen LogP contribution in [0.15, 0.2) is 6.33 Å². The van der Waals surface area contributed by atoms with E-state index in [4.69, 9.17) is 23.2 Å². The Kier molecular flexibility index (Phi) is 3.70. The number of anilines is 1. The predicted molar refractivity (Wildman–Crippen MR) is 63.0 cm³/mol. The summed E-state index contributed by atoms with van der Waals surface area (Å²) in [4.78, 5) is 11.4. The van der Waals surface area contributed by atoms with Gasteiger partial charge in [-0.05, 0) is 23.2 Å². The molecule has 0 radical (unpaired) electrons. The van der Waals surface area contributed by atoms with Gasteiger partial charge in [0.15, 0.2) is 0 Å². The van der Waals surface area contributed by atoms with E-state index in [9.17, 15) is 0 Å². The van der Waals surface area contributed by atoms with E-state index in [2.05, 4.69) is 30.5 Å². The van der Waals surface area contributed by atoms with Crippen molar-refractivity contribution in [3.05, 3.63) is 22.7 Å². The molecule has 0 aliphatic carbocycles. The predicted octanol–water partition coefficient (Wildman–Crippen LogP) is 0.961. The van der Waals surface area contributed by atoms with Gasteiger partial charge in [-0.2, -0.15) is 15.0 Å². The lowest BCUT2D eigenvalue weighted by Crippen LogP contribution is -2.11. The number of aryl methyl sites for hydroxylation is 1. The second kappa shape index (κ2) is 5.24. The highest BCUT2D eigenvalue weighted by Crippen LogP contribution is 2.09. The number of hydrogen-bond acceptors (Lipinski definition) is 6. The van der Waals surface area contributed by atoms with Gasteiger partial charge in [-0.1, -0.05) is 0 Å². The number of aromatic nitrogens is 6. The first kappa shape index (κ1) is 12.0. The summed E-state index contributed by atoms with van der Waals surface area (Å²) in [5.74, 6) is 1.21. The van der Waals surface area contributed by atoms with Crippen molar-refractivity contribution in [1.82, 2.24) is 29.7 Å². The first-order chi connectivity index (χ1) is 8.15. The van der Waals surface area contributed by atoms with Gasteiger partial charge in [-0.25, -0.2) is 0 Å². The summed E-state index contributed by atoms with van der Waals surface area (Å²) in [5, 5.41) is 10.8. The van der Waals surface area contributed by atoms with E-state index in [0.29, 0.717) is 18.9 Å². The van der Waals surface area contributed by atoms with E-state index in [1.54, 1.807) is 6.33 Å². The van der Waals surface area contributed by atoms with Gasteiger partial charge in [0.1, 0.15) is 12.2 Å². The quantitative estimate of drug-likeness (QED) is 0.894. The molecule has 17 heavy (non-hydrogen) atoms. The van der Waals surface area contributed by atoms with Crippen LogP contribution in [0.2, 0.25) is 10.6 Å². The van der Waals surface area contributed by atoms with Crippen LogP contribution in [0, 0.1) is 0 Å². The van der Waals surface area contributed by atoms with Gasteiger partial charge >= 0.3 is 0 Å². The molecule has 2 aromatic heterocycles. The van der Waals surface area contributed by atoms with Crippen molar-refractivity contribution in [2.24, 2.45) is 7.05 Å². The molecule has 0 amide bonds. The molecule has 9 heteroatoms. The second-order valence-corrected chi connectivity index (χ2v) is 3.91. The maximum Gasteiger partial charge on any atom is 0.228 e. The molecule has 2 rings (SSSR count). The Morgan fingerprint density at radius 3 is 2.53 bits per heavy atom. The normalized spacial score (nSPS) is 10.5. The van der Waals surface area contributed by atoms with Crippen molar-refractivity contribution in [1.29, 1.82) is 0 Å². The van der Waals surface area contributed by atoms with E-state index in [1.807, 2.05) is 11.6 Å². The minimum Gasteiger partial charge on any atom is -0.354 e. The SMILES string of the molecule is Cn1cnnc1CCNc1nc(Cl)nc(Cl)n1. The zero-order valence-electron chi connectivity index (χ0n) is 8.93. The summed E-state index contributed by atoms with van der Waals surface area (Å²) >= 11 is 11.3. The third-order valence-electron chi connectivity index (χ3n) is 2.02. The molecule has 1 N–H and O–H groups in total. The number of nitrogens with zero attached hydrogens (tertiary/aromatic N) is 6. The minimum atomic E-state index is 0.0613. The van der Waals surface area contributed by atoms with E-state index in [1.165, 1.54) is 0 Å². The molecule has 2 heterocycles. The molecule has 0 atom stereocenters. The molecule has 7 nitrogen and oxygen atoms in total. The Balaban J connectivity index is 1.92. The highest BCUT2D eigenvalue weighted by molar-refractivity contribution is 6.31. The largest absolute Gasteiger partial charge is 0.354 e. The lowest BCUT2D eigenvalue weighted by Gasteiger charge is -2.04. The monoisotopic (exact) mass is 273 g/mol. The van der Waals surface area contributed by atoms with Crippen LogP contribution in [0.3, 0.4) is 0 Å². The lowest BCUT2D eigenvalue weighted by molar-refractivity contribution is 0.785. The molecule has 90 valence electrons. The van der Waals surface area contributed by atoms with Gasteiger partial charge in [0.25, 0.3) is 0 Å². The van der Waals surface area contributed by atoms with Crippen LogP contribution >= 0.6 is 23.2 Å². The van der Waals surface area contributed by atoms with Gasteiger partial charge in [-0.15, -0.1) is 10.2 Å². The maximum absolute atomic E-state index is 5.64. The Morgan fingerprint density at radius 2 is 1.94 bits per heavy atom. The lowest BCUT2D eigenvalue weighted by atomic mass is 10.4. The summed E-state index contributed by atoms with van der Waals surface area (Å²) in [6.45, 7) is 0.600. The Bertz CT molecular complexity index is 492. The average Bonchev–Trinajstić information content (AvgIpc) is 2.63. The summed E-state index contributed by atoms with van der Waals surface area (Å²) in [7, 11) is 1.88. The minimum absolute atomic E-state index is 0.0613. The van der Waals surface area contributed by atoms with Gasteiger partial charge in [0.2, 0.25) is 16.5 Å². The molecule has 0 unspecified atom stereocenters. The van der Waals surface area contributed by atoms with Gasteiger partial charge in [0, 0.05) is 20.0 Å². The topological polar surface area (TPSA) is 81.4 Å². The van der Waals surface area contributed by atoms with Crippen molar-refractivity contribution in [3.8, 4) is 0 Å². The average molecular weight is 274 g/mol. The number of nitrogens with one attached hydrogen (secondary N) is 1. The molecule has 0 aliphatic heterocycles. The summed E-state index contributed by atoms with van der Waals surface area (Å²) in [5.41, 5.74) is 0. The number of hydrogen-bond donors (Lipinski definition) is 1. The third-order valence-corrected chi connectivity index (χ3v) is 2.36. The molecule has 0 aliphatic rings.